The van der Waals surface area contributed by atoms with E-state index in [9.17, 15) is 0 Å². The standard InChI is InChI=1S/C14H17BrN2S/c1-8-6-12(10(3)18-8)9(2)17-14-5-4-11(15)7-13(14)16/h4-7,9,17H,16H2,1-3H3. The molecule has 2 nitrogen and oxygen atoms in total. The monoisotopic (exact) mass is 324 g/mol. The molecule has 0 saturated carbocycles. The largest absolute Gasteiger partial charge is 0.397 e. The Morgan fingerprint density at radius 3 is 2.56 bits per heavy atom. The van der Waals surface area contributed by atoms with E-state index in [1.165, 1.54) is 15.3 Å². The Morgan fingerprint density at radius 1 is 1.28 bits per heavy atom. The number of halogens is 1. The van der Waals surface area contributed by atoms with E-state index in [2.05, 4.69) is 48.1 Å². The zero-order chi connectivity index (χ0) is 13.3. The molecule has 0 amide bonds. The minimum Gasteiger partial charge on any atom is -0.397 e. The molecule has 96 valence electrons. The van der Waals surface area contributed by atoms with Gasteiger partial charge in [-0.15, -0.1) is 11.3 Å². The van der Waals surface area contributed by atoms with Gasteiger partial charge in [0.15, 0.2) is 0 Å². The van der Waals surface area contributed by atoms with Crippen LogP contribution in [0.2, 0.25) is 0 Å². The van der Waals surface area contributed by atoms with Crippen molar-refractivity contribution in [2.45, 2.75) is 26.8 Å². The predicted octanol–water partition coefficient (Wildman–Crippen LogP) is 4.88. The lowest BCUT2D eigenvalue weighted by atomic mass is 10.1. The second kappa shape index (κ2) is 5.33. The Bertz CT molecular complexity index is 563. The fourth-order valence-electron chi connectivity index (χ4n) is 2.06. The number of nitrogen functional groups attached to an aromatic ring is 1. The summed E-state index contributed by atoms with van der Waals surface area (Å²) in [6.07, 6.45) is 0. The number of hydrogen-bond donors (Lipinski definition) is 2. The number of nitrogens with one attached hydrogen (secondary N) is 1. The van der Waals surface area contributed by atoms with Crippen LogP contribution in [0.5, 0.6) is 0 Å². The Hall–Kier alpha value is -1.00. The molecule has 0 aliphatic carbocycles. The van der Waals surface area contributed by atoms with Gasteiger partial charge in [-0.1, -0.05) is 15.9 Å². The molecular weight excluding hydrogens is 308 g/mol. The minimum absolute atomic E-state index is 0.262. The maximum absolute atomic E-state index is 6.00. The van der Waals surface area contributed by atoms with Crippen LogP contribution >= 0.6 is 27.3 Å². The summed E-state index contributed by atoms with van der Waals surface area (Å²) in [7, 11) is 0. The number of nitrogens with two attached hydrogens (primary N) is 1. The summed E-state index contributed by atoms with van der Waals surface area (Å²) in [6.45, 7) is 6.47. The van der Waals surface area contributed by atoms with Crippen LogP contribution in [0, 0.1) is 13.8 Å². The summed E-state index contributed by atoms with van der Waals surface area (Å²) in [5.74, 6) is 0. The number of thiophene rings is 1. The molecule has 2 aromatic rings. The van der Waals surface area contributed by atoms with Gasteiger partial charge in [-0.25, -0.2) is 0 Å². The van der Waals surface area contributed by atoms with Crippen LogP contribution in [0.3, 0.4) is 0 Å². The highest BCUT2D eigenvalue weighted by molar-refractivity contribution is 9.10. The third kappa shape index (κ3) is 2.87. The van der Waals surface area contributed by atoms with Crippen molar-refractivity contribution in [2.75, 3.05) is 11.1 Å². The molecule has 0 fully saturated rings. The highest BCUT2D eigenvalue weighted by Gasteiger charge is 2.12. The Morgan fingerprint density at radius 2 is 2.00 bits per heavy atom. The van der Waals surface area contributed by atoms with Gasteiger partial charge >= 0.3 is 0 Å². The lowest BCUT2D eigenvalue weighted by Gasteiger charge is -2.17. The molecule has 1 aromatic heterocycles. The van der Waals surface area contributed by atoms with Crippen LogP contribution in [-0.4, -0.2) is 0 Å². The molecule has 0 aliphatic heterocycles. The molecule has 2 rings (SSSR count). The van der Waals surface area contributed by atoms with Crippen molar-refractivity contribution in [1.29, 1.82) is 0 Å². The summed E-state index contributed by atoms with van der Waals surface area (Å²) in [5, 5.41) is 3.47. The summed E-state index contributed by atoms with van der Waals surface area (Å²) >= 11 is 5.25. The lowest BCUT2D eigenvalue weighted by Crippen LogP contribution is -2.08. The van der Waals surface area contributed by atoms with Gasteiger partial charge in [0.2, 0.25) is 0 Å². The van der Waals surface area contributed by atoms with Gasteiger partial charge in [0.25, 0.3) is 0 Å². The molecule has 0 saturated heterocycles. The predicted molar refractivity (Wildman–Crippen MR) is 84.4 cm³/mol. The van der Waals surface area contributed by atoms with Gasteiger partial charge in [0.05, 0.1) is 11.4 Å². The highest BCUT2D eigenvalue weighted by Crippen LogP contribution is 2.31. The second-order valence-electron chi connectivity index (χ2n) is 4.47. The van der Waals surface area contributed by atoms with E-state index in [-0.39, 0.29) is 6.04 Å². The molecule has 0 radical (unpaired) electrons. The first-order chi connectivity index (χ1) is 8.47. The number of anilines is 2. The van der Waals surface area contributed by atoms with E-state index in [4.69, 9.17) is 5.73 Å². The summed E-state index contributed by atoms with van der Waals surface area (Å²) in [5.41, 5.74) is 9.09. The van der Waals surface area contributed by atoms with E-state index in [1.807, 2.05) is 29.5 Å². The first kappa shape index (κ1) is 13.4. The zero-order valence-electron chi connectivity index (χ0n) is 10.8. The van der Waals surface area contributed by atoms with Gasteiger partial charge in [0.1, 0.15) is 0 Å². The van der Waals surface area contributed by atoms with Crippen molar-refractivity contribution in [2.24, 2.45) is 0 Å². The summed E-state index contributed by atoms with van der Waals surface area (Å²) in [4.78, 5) is 2.71. The SMILES string of the molecule is Cc1cc(C(C)Nc2ccc(Br)cc2N)c(C)s1. The van der Waals surface area contributed by atoms with Gasteiger partial charge in [0, 0.05) is 20.3 Å². The molecule has 1 aromatic carbocycles. The summed E-state index contributed by atoms with van der Waals surface area (Å²) in [6, 6.07) is 8.42. The fraction of sp³-hybridized carbons (Fsp3) is 0.286. The van der Waals surface area contributed by atoms with E-state index < -0.39 is 0 Å². The first-order valence-corrected chi connectivity index (χ1v) is 7.47. The number of hydrogen-bond acceptors (Lipinski definition) is 3. The molecule has 0 aliphatic rings. The van der Waals surface area contributed by atoms with Gasteiger partial charge in [-0.2, -0.15) is 0 Å². The Balaban J connectivity index is 2.21. The van der Waals surface area contributed by atoms with Crippen molar-refractivity contribution in [3.63, 3.8) is 0 Å². The Labute approximate surface area is 120 Å². The van der Waals surface area contributed by atoms with Crippen molar-refractivity contribution in [1.82, 2.24) is 0 Å². The molecule has 4 heteroatoms. The average Bonchev–Trinajstić information content (AvgIpc) is 2.62. The van der Waals surface area contributed by atoms with Crippen LogP contribution in [0.1, 0.15) is 28.3 Å². The van der Waals surface area contributed by atoms with Crippen molar-refractivity contribution in [3.05, 3.63) is 44.1 Å². The highest BCUT2D eigenvalue weighted by atomic mass is 79.9. The topological polar surface area (TPSA) is 38.0 Å². The van der Waals surface area contributed by atoms with E-state index in [0.29, 0.717) is 0 Å². The zero-order valence-corrected chi connectivity index (χ0v) is 13.2. The number of benzene rings is 1. The normalized spacial score (nSPS) is 12.4. The van der Waals surface area contributed by atoms with Crippen LogP contribution < -0.4 is 11.1 Å². The van der Waals surface area contributed by atoms with Crippen molar-refractivity contribution >= 4 is 38.6 Å². The second-order valence-corrected chi connectivity index (χ2v) is 6.84. The first-order valence-electron chi connectivity index (χ1n) is 5.86. The maximum atomic E-state index is 6.00. The van der Waals surface area contributed by atoms with Crippen LogP contribution in [0.25, 0.3) is 0 Å². The Kier molecular flexibility index (Phi) is 3.97. The maximum Gasteiger partial charge on any atom is 0.0579 e. The van der Waals surface area contributed by atoms with Crippen LogP contribution in [0.4, 0.5) is 11.4 Å². The molecule has 0 spiro atoms. The van der Waals surface area contributed by atoms with E-state index in [1.54, 1.807) is 0 Å². The van der Waals surface area contributed by atoms with Crippen LogP contribution in [-0.2, 0) is 0 Å². The number of rotatable bonds is 3. The molecule has 1 heterocycles. The molecular formula is C14H17BrN2S. The summed E-state index contributed by atoms with van der Waals surface area (Å²) < 4.78 is 1.00. The van der Waals surface area contributed by atoms with Gasteiger partial charge < -0.3 is 11.1 Å². The minimum atomic E-state index is 0.262. The average molecular weight is 325 g/mol. The molecule has 18 heavy (non-hydrogen) atoms. The van der Waals surface area contributed by atoms with Gasteiger partial charge in [-0.05, 0) is 50.6 Å². The molecule has 3 N–H and O–H groups in total. The molecule has 1 atom stereocenters. The quantitative estimate of drug-likeness (QED) is 0.789. The van der Waals surface area contributed by atoms with Crippen LogP contribution in [0.15, 0.2) is 28.7 Å². The van der Waals surface area contributed by atoms with E-state index >= 15 is 0 Å². The van der Waals surface area contributed by atoms with Crippen molar-refractivity contribution < 1.29 is 0 Å². The molecule has 1 unspecified atom stereocenters. The molecule has 0 bridgehead atoms. The smallest absolute Gasteiger partial charge is 0.0579 e. The van der Waals surface area contributed by atoms with Crippen molar-refractivity contribution in [3.8, 4) is 0 Å². The van der Waals surface area contributed by atoms with Gasteiger partial charge in [-0.3, -0.25) is 0 Å². The third-order valence-electron chi connectivity index (χ3n) is 2.93. The fourth-order valence-corrected chi connectivity index (χ4v) is 3.46. The number of aryl methyl sites for hydroxylation is 2. The lowest BCUT2D eigenvalue weighted by molar-refractivity contribution is 0.882. The third-order valence-corrected chi connectivity index (χ3v) is 4.41. The van der Waals surface area contributed by atoms with E-state index in [0.717, 1.165) is 15.8 Å².